The number of benzene rings is 2. The molecule has 2 rings (SSSR count). The summed E-state index contributed by atoms with van der Waals surface area (Å²) in [5.74, 6) is 0.611. The van der Waals surface area contributed by atoms with Gasteiger partial charge in [-0.3, -0.25) is 0 Å². The zero-order chi connectivity index (χ0) is 16.2. The van der Waals surface area contributed by atoms with Crippen molar-refractivity contribution >= 4 is 0 Å². The van der Waals surface area contributed by atoms with Gasteiger partial charge in [-0.1, -0.05) is 51.1 Å². The third-order valence-corrected chi connectivity index (χ3v) is 3.60. The van der Waals surface area contributed by atoms with Crippen molar-refractivity contribution in [1.82, 2.24) is 0 Å². The quantitative estimate of drug-likeness (QED) is 0.888. The average Bonchev–Trinajstić information content (AvgIpc) is 2.48. The van der Waals surface area contributed by atoms with Crippen molar-refractivity contribution < 1.29 is 14.6 Å². The van der Waals surface area contributed by atoms with Crippen LogP contribution in [0.4, 0.5) is 0 Å². The van der Waals surface area contributed by atoms with Crippen LogP contribution in [-0.2, 0) is 23.4 Å². The molecule has 1 N–H and O–H groups in total. The Balaban J connectivity index is 1.91. The summed E-state index contributed by atoms with van der Waals surface area (Å²) in [5, 5.41) is 9.56. The van der Waals surface area contributed by atoms with E-state index in [-0.39, 0.29) is 11.2 Å². The number of phenols is 1. The van der Waals surface area contributed by atoms with Crippen molar-refractivity contribution in [2.45, 2.75) is 39.4 Å². The van der Waals surface area contributed by atoms with Gasteiger partial charge in [-0.25, -0.2) is 0 Å². The highest BCUT2D eigenvalue weighted by Crippen LogP contribution is 2.27. The number of hydrogen-bond donors (Lipinski definition) is 1. The monoisotopic (exact) mass is 300 g/mol. The van der Waals surface area contributed by atoms with Crippen LogP contribution in [0.3, 0.4) is 0 Å². The highest BCUT2D eigenvalue weighted by atomic mass is 16.5. The SMILES string of the molecule is COc1cc(COCc2ccc(C(C)(C)C)cc2)ccc1O. The predicted molar refractivity (Wildman–Crippen MR) is 88.3 cm³/mol. The number of aromatic hydroxyl groups is 1. The van der Waals surface area contributed by atoms with Gasteiger partial charge in [0.15, 0.2) is 11.5 Å². The summed E-state index contributed by atoms with van der Waals surface area (Å²) in [6.45, 7) is 7.66. The number of hydrogen-bond acceptors (Lipinski definition) is 3. The molecule has 0 aliphatic rings. The van der Waals surface area contributed by atoms with E-state index in [1.807, 2.05) is 6.07 Å². The van der Waals surface area contributed by atoms with Gasteiger partial charge in [0, 0.05) is 0 Å². The van der Waals surface area contributed by atoms with Gasteiger partial charge < -0.3 is 14.6 Å². The van der Waals surface area contributed by atoms with Gasteiger partial charge in [-0.05, 0) is 34.2 Å². The molecule has 0 fully saturated rings. The van der Waals surface area contributed by atoms with Crippen LogP contribution in [0, 0.1) is 0 Å². The molecule has 2 aromatic carbocycles. The van der Waals surface area contributed by atoms with E-state index in [9.17, 15) is 5.11 Å². The maximum Gasteiger partial charge on any atom is 0.160 e. The number of methoxy groups -OCH3 is 1. The van der Waals surface area contributed by atoms with E-state index in [1.54, 1.807) is 12.1 Å². The maximum absolute atomic E-state index is 9.56. The zero-order valence-corrected chi connectivity index (χ0v) is 13.7. The molecule has 118 valence electrons. The zero-order valence-electron chi connectivity index (χ0n) is 13.7. The lowest BCUT2D eigenvalue weighted by Gasteiger charge is -2.19. The molecule has 0 spiro atoms. The van der Waals surface area contributed by atoms with Gasteiger partial charge in [0.25, 0.3) is 0 Å². The predicted octanol–water partition coefficient (Wildman–Crippen LogP) is 4.42. The normalized spacial score (nSPS) is 11.5. The first-order valence-corrected chi connectivity index (χ1v) is 7.43. The van der Waals surface area contributed by atoms with E-state index in [1.165, 1.54) is 12.7 Å². The second kappa shape index (κ2) is 6.84. The number of ether oxygens (including phenoxy) is 2. The Labute approximate surface area is 132 Å². The van der Waals surface area contributed by atoms with Gasteiger partial charge in [-0.2, -0.15) is 0 Å². The fraction of sp³-hybridized carbons (Fsp3) is 0.368. The molecule has 0 heterocycles. The molecule has 0 saturated heterocycles. The van der Waals surface area contributed by atoms with Crippen molar-refractivity contribution in [3.05, 3.63) is 59.2 Å². The van der Waals surface area contributed by atoms with Gasteiger partial charge in [0.2, 0.25) is 0 Å². The highest BCUT2D eigenvalue weighted by molar-refractivity contribution is 5.41. The van der Waals surface area contributed by atoms with Gasteiger partial charge >= 0.3 is 0 Å². The van der Waals surface area contributed by atoms with Crippen molar-refractivity contribution in [2.75, 3.05) is 7.11 Å². The van der Waals surface area contributed by atoms with Crippen LogP contribution in [0.1, 0.15) is 37.5 Å². The largest absolute Gasteiger partial charge is 0.504 e. The van der Waals surface area contributed by atoms with Crippen LogP contribution in [0.15, 0.2) is 42.5 Å². The molecule has 0 amide bonds. The van der Waals surface area contributed by atoms with Crippen LogP contribution in [0.2, 0.25) is 0 Å². The Bertz CT molecular complexity index is 610. The number of rotatable bonds is 5. The lowest BCUT2D eigenvalue weighted by molar-refractivity contribution is 0.107. The molecule has 0 aromatic heterocycles. The molecular formula is C19H24O3. The minimum atomic E-state index is 0.143. The molecular weight excluding hydrogens is 276 g/mol. The average molecular weight is 300 g/mol. The minimum Gasteiger partial charge on any atom is -0.504 e. The molecule has 0 saturated carbocycles. The Morgan fingerprint density at radius 2 is 1.50 bits per heavy atom. The molecule has 0 aliphatic heterocycles. The Hall–Kier alpha value is -2.00. The highest BCUT2D eigenvalue weighted by Gasteiger charge is 2.12. The summed E-state index contributed by atoms with van der Waals surface area (Å²) in [7, 11) is 1.54. The molecule has 22 heavy (non-hydrogen) atoms. The second-order valence-corrected chi connectivity index (χ2v) is 6.45. The summed E-state index contributed by atoms with van der Waals surface area (Å²) in [6.07, 6.45) is 0. The van der Waals surface area contributed by atoms with Crippen molar-refractivity contribution in [3.63, 3.8) is 0 Å². The number of phenolic OH excluding ortho intramolecular Hbond substituents is 1. The smallest absolute Gasteiger partial charge is 0.160 e. The minimum absolute atomic E-state index is 0.143. The topological polar surface area (TPSA) is 38.7 Å². The first kappa shape index (κ1) is 16.4. The third-order valence-electron chi connectivity index (χ3n) is 3.60. The van der Waals surface area contributed by atoms with E-state index in [0.717, 1.165) is 11.1 Å². The van der Waals surface area contributed by atoms with Gasteiger partial charge in [0.05, 0.1) is 20.3 Å². The van der Waals surface area contributed by atoms with E-state index >= 15 is 0 Å². The Morgan fingerprint density at radius 3 is 2.09 bits per heavy atom. The van der Waals surface area contributed by atoms with E-state index < -0.39 is 0 Å². The van der Waals surface area contributed by atoms with Crippen LogP contribution >= 0.6 is 0 Å². The summed E-state index contributed by atoms with van der Waals surface area (Å²) in [5.41, 5.74) is 3.61. The van der Waals surface area contributed by atoms with Crippen molar-refractivity contribution in [1.29, 1.82) is 0 Å². The van der Waals surface area contributed by atoms with E-state index in [0.29, 0.717) is 19.0 Å². The van der Waals surface area contributed by atoms with Gasteiger partial charge in [0.1, 0.15) is 0 Å². The lowest BCUT2D eigenvalue weighted by atomic mass is 9.87. The van der Waals surface area contributed by atoms with Crippen LogP contribution in [0.5, 0.6) is 11.5 Å². The summed E-state index contributed by atoms with van der Waals surface area (Å²) < 4.78 is 10.8. The Morgan fingerprint density at radius 1 is 0.909 bits per heavy atom. The lowest BCUT2D eigenvalue weighted by Crippen LogP contribution is -2.10. The molecule has 0 aliphatic carbocycles. The van der Waals surface area contributed by atoms with Crippen LogP contribution < -0.4 is 4.74 Å². The summed E-state index contributed by atoms with van der Waals surface area (Å²) in [4.78, 5) is 0. The van der Waals surface area contributed by atoms with Gasteiger partial charge in [-0.15, -0.1) is 0 Å². The molecule has 0 bridgehead atoms. The molecule has 0 atom stereocenters. The fourth-order valence-corrected chi connectivity index (χ4v) is 2.20. The van der Waals surface area contributed by atoms with Crippen molar-refractivity contribution in [2.24, 2.45) is 0 Å². The van der Waals surface area contributed by atoms with Crippen LogP contribution in [-0.4, -0.2) is 12.2 Å². The molecule has 3 nitrogen and oxygen atoms in total. The fourth-order valence-electron chi connectivity index (χ4n) is 2.20. The second-order valence-electron chi connectivity index (χ2n) is 6.45. The molecule has 0 radical (unpaired) electrons. The molecule has 0 unspecified atom stereocenters. The summed E-state index contributed by atoms with van der Waals surface area (Å²) in [6, 6.07) is 13.8. The molecule has 2 aromatic rings. The summed E-state index contributed by atoms with van der Waals surface area (Å²) >= 11 is 0. The third kappa shape index (κ3) is 4.25. The van der Waals surface area contributed by atoms with E-state index in [4.69, 9.17) is 9.47 Å². The first-order chi connectivity index (χ1) is 10.4. The molecule has 3 heteroatoms. The van der Waals surface area contributed by atoms with Crippen LogP contribution in [0.25, 0.3) is 0 Å². The Kier molecular flexibility index (Phi) is 5.09. The maximum atomic E-state index is 9.56. The van der Waals surface area contributed by atoms with E-state index in [2.05, 4.69) is 45.0 Å². The van der Waals surface area contributed by atoms with Crippen molar-refractivity contribution in [3.8, 4) is 11.5 Å². The standard InChI is InChI=1S/C19H24O3/c1-19(2,3)16-8-5-14(6-9-16)12-22-13-15-7-10-17(20)18(11-15)21-4/h5-11,20H,12-13H2,1-4H3. The first-order valence-electron chi connectivity index (χ1n) is 7.43.